The third-order valence-electron chi connectivity index (χ3n) is 3.17. The quantitative estimate of drug-likeness (QED) is 0.465. The van der Waals surface area contributed by atoms with Gasteiger partial charge in [-0.15, -0.1) is 0 Å². The molecule has 21 heavy (non-hydrogen) atoms. The first-order valence-electron chi connectivity index (χ1n) is 7.31. The Labute approximate surface area is 139 Å². The van der Waals surface area contributed by atoms with Crippen LogP contribution in [0.5, 0.6) is 0 Å². The monoisotopic (exact) mass is 403 g/mol. The first-order chi connectivity index (χ1) is 10.1. The summed E-state index contributed by atoms with van der Waals surface area (Å²) < 4.78 is 1.22. The number of hydrogen-bond donors (Lipinski definition) is 2. The Morgan fingerprint density at radius 1 is 1.00 bits per heavy atom. The Balaban J connectivity index is 2.01. The zero-order valence-electron chi connectivity index (χ0n) is 12.1. The van der Waals surface area contributed by atoms with E-state index in [1.807, 2.05) is 0 Å². The van der Waals surface area contributed by atoms with E-state index in [4.69, 9.17) is 5.11 Å². The molecule has 0 atom stereocenters. The molecule has 1 rings (SSSR count). The third kappa shape index (κ3) is 9.44. The molecule has 116 valence electrons. The highest BCUT2D eigenvalue weighted by molar-refractivity contribution is 14.1. The summed E-state index contributed by atoms with van der Waals surface area (Å²) in [7, 11) is 0. The SMILES string of the molecule is O=C(O)CCCCCNC(=O)CCCc1ccc(I)cc1. The van der Waals surface area contributed by atoms with Gasteiger partial charge < -0.3 is 10.4 Å². The molecule has 0 fully saturated rings. The van der Waals surface area contributed by atoms with Crippen molar-refractivity contribution in [3.63, 3.8) is 0 Å². The number of carbonyl (C=O) groups excluding carboxylic acids is 1. The lowest BCUT2D eigenvalue weighted by Crippen LogP contribution is -2.24. The first-order valence-corrected chi connectivity index (χ1v) is 8.39. The van der Waals surface area contributed by atoms with Crippen LogP contribution in [-0.4, -0.2) is 23.5 Å². The summed E-state index contributed by atoms with van der Waals surface area (Å²) in [4.78, 5) is 21.9. The maximum Gasteiger partial charge on any atom is 0.303 e. The lowest BCUT2D eigenvalue weighted by atomic mass is 10.1. The van der Waals surface area contributed by atoms with E-state index in [0.29, 0.717) is 19.4 Å². The fraction of sp³-hybridized carbons (Fsp3) is 0.500. The van der Waals surface area contributed by atoms with Crippen LogP contribution in [0.2, 0.25) is 0 Å². The molecule has 0 aliphatic heterocycles. The Morgan fingerprint density at radius 3 is 2.38 bits per heavy atom. The predicted molar refractivity (Wildman–Crippen MR) is 91.2 cm³/mol. The number of aryl methyl sites for hydroxylation is 1. The second-order valence-corrected chi connectivity index (χ2v) is 6.28. The molecule has 0 heterocycles. The molecular formula is C16H22INO3. The molecule has 0 aromatic heterocycles. The van der Waals surface area contributed by atoms with Gasteiger partial charge >= 0.3 is 5.97 Å². The van der Waals surface area contributed by atoms with Crippen molar-refractivity contribution in [1.82, 2.24) is 5.32 Å². The number of rotatable bonds is 10. The standard InChI is InChI=1S/C16H22INO3/c17-14-10-8-13(9-11-14)5-4-6-15(19)18-12-3-1-2-7-16(20)21/h8-11H,1-7,12H2,(H,18,19)(H,20,21). The molecule has 0 aliphatic carbocycles. The summed E-state index contributed by atoms with van der Waals surface area (Å²) in [5.41, 5.74) is 1.26. The van der Waals surface area contributed by atoms with Crippen LogP contribution in [0.4, 0.5) is 0 Å². The lowest BCUT2D eigenvalue weighted by molar-refractivity contribution is -0.137. The van der Waals surface area contributed by atoms with Gasteiger partial charge in [-0.1, -0.05) is 18.6 Å². The van der Waals surface area contributed by atoms with Crippen LogP contribution in [0.1, 0.15) is 44.1 Å². The largest absolute Gasteiger partial charge is 0.481 e. The number of carboxylic acid groups (broad SMARTS) is 1. The third-order valence-corrected chi connectivity index (χ3v) is 3.89. The van der Waals surface area contributed by atoms with Crippen LogP contribution in [0.25, 0.3) is 0 Å². The summed E-state index contributed by atoms with van der Waals surface area (Å²) >= 11 is 2.28. The number of carboxylic acids is 1. The second-order valence-electron chi connectivity index (χ2n) is 5.03. The lowest BCUT2D eigenvalue weighted by Gasteiger charge is -2.05. The van der Waals surface area contributed by atoms with Gasteiger partial charge in [0.15, 0.2) is 0 Å². The maximum atomic E-state index is 11.6. The number of carbonyl (C=O) groups is 2. The highest BCUT2D eigenvalue weighted by Gasteiger charge is 2.02. The number of benzene rings is 1. The molecule has 0 aliphatic rings. The van der Waals surface area contributed by atoms with Crippen molar-refractivity contribution in [2.45, 2.75) is 44.9 Å². The van der Waals surface area contributed by atoms with Crippen LogP contribution in [0.15, 0.2) is 24.3 Å². The van der Waals surface area contributed by atoms with Gasteiger partial charge in [0.2, 0.25) is 5.91 Å². The van der Waals surface area contributed by atoms with Crippen molar-refractivity contribution in [3.8, 4) is 0 Å². The van der Waals surface area contributed by atoms with Gasteiger partial charge in [0.25, 0.3) is 0 Å². The zero-order valence-corrected chi connectivity index (χ0v) is 14.3. The number of halogens is 1. The van der Waals surface area contributed by atoms with Crippen LogP contribution < -0.4 is 5.32 Å². The topological polar surface area (TPSA) is 66.4 Å². The summed E-state index contributed by atoms with van der Waals surface area (Å²) in [5, 5.41) is 11.4. The van der Waals surface area contributed by atoms with Gasteiger partial charge in [0.05, 0.1) is 0 Å². The molecule has 1 aromatic carbocycles. The van der Waals surface area contributed by atoms with E-state index in [2.05, 4.69) is 52.2 Å². The summed E-state index contributed by atoms with van der Waals surface area (Å²) in [6.45, 7) is 0.641. The molecular weight excluding hydrogens is 381 g/mol. The van der Waals surface area contributed by atoms with Gasteiger partial charge in [0.1, 0.15) is 0 Å². The normalized spacial score (nSPS) is 10.3. The number of unbranched alkanes of at least 4 members (excludes halogenated alkanes) is 2. The molecule has 5 heteroatoms. The molecule has 2 N–H and O–H groups in total. The number of nitrogens with one attached hydrogen (secondary N) is 1. The van der Waals surface area contributed by atoms with Gasteiger partial charge in [-0.3, -0.25) is 9.59 Å². The first kappa shape index (κ1) is 17.9. The van der Waals surface area contributed by atoms with Crippen molar-refractivity contribution in [1.29, 1.82) is 0 Å². The van der Waals surface area contributed by atoms with E-state index < -0.39 is 5.97 Å². The highest BCUT2D eigenvalue weighted by atomic mass is 127. The van der Waals surface area contributed by atoms with E-state index in [0.717, 1.165) is 25.7 Å². The molecule has 1 amide bonds. The molecule has 0 unspecified atom stereocenters. The molecule has 4 nitrogen and oxygen atoms in total. The van der Waals surface area contributed by atoms with Crippen LogP contribution in [0, 0.1) is 3.57 Å². The Bertz CT molecular complexity index is 445. The predicted octanol–water partition coefficient (Wildman–Crippen LogP) is 3.38. The van der Waals surface area contributed by atoms with E-state index in [9.17, 15) is 9.59 Å². The summed E-state index contributed by atoms with van der Waals surface area (Å²) in [6, 6.07) is 8.35. The number of hydrogen-bond acceptors (Lipinski definition) is 2. The smallest absolute Gasteiger partial charge is 0.303 e. The van der Waals surface area contributed by atoms with Crippen molar-refractivity contribution < 1.29 is 14.7 Å². The van der Waals surface area contributed by atoms with Crippen molar-refractivity contribution in [2.75, 3.05) is 6.54 Å². The van der Waals surface area contributed by atoms with Crippen LogP contribution in [-0.2, 0) is 16.0 Å². The minimum absolute atomic E-state index is 0.0822. The average Bonchev–Trinajstić information content (AvgIpc) is 2.44. The molecule has 0 bridgehead atoms. The van der Waals surface area contributed by atoms with E-state index >= 15 is 0 Å². The van der Waals surface area contributed by atoms with E-state index in [1.165, 1.54) is 9.13 Å². The molecule has 0 saturated heterocycles. The van der Waals surface area contributed by atoms with Gasteiger partial charge in [-0.05, 0) is 66.0 Å². The fourth-order valence-corrected chi connectivity index (χ4v) is 2.36. The van der Waals surface area contributed by atoms with Crippen molar-refractivity contribution in [2.24, 2.45) is 0 Å². The molecule has 0 spiro atoms. The maximum absolute atomic E-state index is 11.6. The minimum atomic E-state index is -0.755. The fourth-order valence-electron chi connectivity index (χ4n) is 2.00. The van der Waals surface area contributed by atoms with Crippen LogP contribution in [0.3, 0.4) is 0 Å². The van der Waals surface area contributed by atoms with Crippen molar-refractivity contribution in [3.05, 3.63) is 33.4 Å². The van der Waals surface area contributed by atoms with Crippen LogP contribution >= 0.6 is 22.6 Å². The molecule has 1 aromatic rings. The molecule has 0 radical (unpaired) electrons. The highest BCUT2D eigenvalue weighted by Crippen LogP contribution is 2.09. The molecule has 0 saturated carbocycles. The summed E-state index contributed by atoms with van der Waals surface area (Å²) in [6.07, 6.45) is 4.89. The number of amides is 1. The average molecular weight is 403 g/mol. The van der Waals surface area contributed by atoms with E-state index in [-0.39, 0.29) is 12.3 Å². The summed E-state index contributed by atoms with van der Waals surface area (Å²) in [5.74, 6) is -0.673. The van der Waals surface area contributed by atoms with Gasteiger partial charge in [0, 0.05) is 23.0 Å². The Morgan fingerprint density at radius 2 is 1.71 bits per heavy atom. The second kappa shape index (κ2) is 10.6. The zero-order chi connectivity index (χ0) is 15.5. The van der Waals surface area contributed by atoms with Gasteiger partial charge in [-0.2, -0.15) is 0 Å². The van der Waals surface area contributed by atoms with E-state index in [1.54, 1.807) is 0 Å². The Hall–Kier alpha value is -1.11. The van der Waals surface area contributed by atoms with Gasteiger partial charge in [-0.25, -0.2) is 0 Å². The Kier molecular flexibility index (Phi) is 9.05. The number of aliphatic carboxylic acids is 1. The minimum Gasteiger partial charge on any atom is -0.481 e. The van der Waals surface area contributed by atoms with Crippen molar-refractivity contribution >= 4 is 34.5 Å².